The molecule has 0 atom stereocenters. The number of nitrogens with one attached hydrogen (secondary N) is 3. The fourth-order valence-electron chi connectivity index (χ4n) is 2.35. The summed E-state index contributed by atoms with van der Waals surface area (Å²) in [6, 6.07) is 6.49. The van der Waals surface area contributed by atoms with Gasteiger partial charge in [0.2, 0.25) is 11.8 Å². The molecule has 8 heteroatoms. The van der Waals surface area contributed by atoms with E-state index in [0.717, 1.165) is 4.68 Å². The highest BCUT2D eigenvalue weighted by Gasteiger charge is 2.14. The standard InChI is InChI=1S/C17H22N4O4/c1-17(2,3)19-14(23)10-18-13(22)8-9-21-16(25)12-7-5-4-6-11(12)15(24)20-21/h4-7H,8-10H2,1-3H3,(H,18,22)(H,19,23)(H,20,24). The molecule has 1 aromatic carbocycles. The highest BCUT2D eigenvalue weighted by atomic mass is 16.2. The van der Waals surface area contributed by atoms with Gasteiger partial charge in [-0.1, -0.05) is 12.1 Å². The molecular weight excluding hydrogens is 324 g/mol. The fourth-order valence-corrected chi connectivity index (χ4v) is 2.35. The molecule has 0 spiro atoms. The lowest BCUT2D eigenvalue weighted by atomic mass is 10.1. The Bertz CT molecular complexity index is 905. The first-order valence-corrected chi connectivity index (χ1v) is 7.97. The van der Waals surface area contributed by atoms with Crippen molar-refractivity contribution in [2.45, 2.75) is 39.3 Å². The lowest BCUT2D eigenvalue weighted by molar-refractivity contribution is -0.127. The van der Waals surface area contributed by atoms with Gasteiger partial charge in [-0.25, -0.2) is 4.68 Å². The van der Waals surface area contributed by atoms with Crippen molar-refractivity contribution >= 4 is 22.6 Å². The van der Waals surface area contributed by atoms with E-state index < -0.39 is 0 Å². The smallest absolute Gasteiger partial charge is 0.273 e. The van der Waals surface area contributed by atoms with Crippen LogP contribution in [0.1, 0.15) is 27.2 Å². The summed E-state index contributed by atoms with van der Waals surface area (Å²) in [7, 11) is 0. The molecular formula is C17H22N4O4. The van der Waals surface area contributed by atoms with Gasteiger partial charge in [0.1, 0.15) is 0 Å². The van der Waals surface area contributed by atoms with E-state index >= 15 is 0 Å². The molecule has 1 heterocycles. The number of nitrogens with zero attached hydrogens (tertiary/aromatic N) is 1. The maximum atomic E-state index is 12.3. The molecule has 2 rings (SSSR count). The maximum Gasteiger partial charge on any atom is 0.273 e. The zero-order chi connectivity index (χ0) is 18.6. The number of rotatable bonds is 5. The third kappa shape index (κ3) is 5.03. The Kier molecular flexibility index (Phi) is 5.41. The molecule has 0 bridgehead atoms. The molecule has 0 fully saturated rings. The minimum absolute atomic E-state index is 0.0195. The van der Waals surface area contributed by atoms with Crippen molar-refractivity contribution in [1.82, 2.24) is 20.4 Å². The Hall–Kier alpha value is -2.90. The quantitative estimate of drug-likeness (QED) is 0.713. The molecule has 1 aromatic heterocycles. The number of aryl methyl sites for hydroxylation is 1. The first kappa shape index (κ1) is 18.4. The van der Waals surface area contributed by atoms with Crippen LogP contribution in [0.4, 0.5) is 0 Å². The van der Waals surface area contributed by atoms with Gasteiger partial charge in [0.15, 0.2) is 0 Å². The monoisotopic (exact) mass is 346 g/mol. The third-order valence-corrected chi connectivity index (χ3v) is 3.41. The second-order valence-corrected chi connectivity index (χ2v) is 6.77. The molecule has 0 aliphatic heterocycles. The highest BCUT2D eigenvalue weighted by Crippen LogP contribution is 2.02. The first-order valence-electron chi connectivity index (χ1n) is 7.97. The lowest BCUT2D eigenvalue weighted by Gasteiger charge is -2.20. The topological polar surface area (TPSA) is 113 Å². The number of hydrogen-bond donors (Lipinski definition) is 3. The van der Waals surface area contributed by atoms with Crippen LogP contribution in [0, 0.1) is 0 Å². The summed E-state index contributed by atoms with van der Waals surface area (Å²) in [6.45, 7) is 5.41. The number of H-pyrrole nitrogens is 1. The summed E-state index contributed by atoms with van der Waals surface area (Å²) in [5, 5.41) is 8.29. The Labute approximate surface area is 144 Å². The molecule has 2 amide bonds. The number of hydrogen-bond acceptors (Lipinski definition) is 4. The summed E-state index contributed by atoms with van der Waals surface area (Å²) in [5.41, 5.74) is -1.13. The van der Waals surface area contributed by atoms with Crippen molar-refractivity contribution in [3.05, 3.63) is 45.0 Å². The second kappa shape index (κ2) is 7.33. The average molecular weight is 346 g/mol. The van der Waals surface area contributed by atoms with Gasteiger partial charge in [-0.3, -0.25) is 24.3 Å². The molecule has 0 saturated heterocycles. The first-order chi connectivity index (χ1) is 11.7. The van der Waals surface area contributed by atoms with Crippen LogP contribution in [0.25, 0.3) is 10.8 Å². The number of carbonyl (C=O) groups excluding carboxylic acids is 2. The predicted octanol–water partition coefficient (Wildman–Crippen LogP) is 0.111. The number of fused-ring (bicyclic) bond motifs is 1. The van der Waals surface area contributed by atoms with Gasteiger partial charge in [0.05, 0.1) is 23.9 Å². The molecule has 0 saturated carbocycles. The minimum atomic E-state index is -0.389. The molecule has 25 heavy (non-hydrogen) atoms. The van der Waals surface area contributed by atoms with Crippen LogP contribution in [0.2, 0.25) is 0 Å². The van der Waals surface area contributed by atoms with Crippen molar-refractivity contribution in [3.8, 4) is 0 Å². The normalized spacial score (nSPS) is 11.3. The van der Waals surface area contributed by atoms with Crippen LogP contribution < -0.4 is 21.8 Å². The van der Waals surface area contributed by atoms with Gasteiger partial charge in [-0.15, -0.1) is 0 Å². The van der Waals surface area contributed by atoms with E-state index in [1.54, 1.807) is 24.3 Å². The summed E-state index contributed by atoms with van der Waals surface area (Å²) in [4.78, 5) is 47.8. The van der Waals surface area contributed by atoms with Gasteiger partial charge in [-0.2, -0.15) is 0 Å². The Morgan fingerprint density at radius 1 is 1.08 bits per heavy atom. The van der Waals surface area contributed by atoms with Crippen LogP contribution in [-0.4, -0.2) is 33.7 Å². The zero-order valence-electron chi connectivity index (χ0n) is 14.5. The molecule has 134 valence electrons. The van der Waals surface area contributed by atoms with Crippen molar-refractivity contribution in [2.75, 3.05) is 6.54 Å². The summed E-state index contributed by atoms with van der Waals surface area (Å²) >= 11 is 0. The number of aromatic nitrogens is 2. The van der Waals surface area contributed by atoms with Crippen LogP contribution in [0.3, 0.4) is 0 Å². The summed E-state index contributed by atoms with van der Waals surface area (Å²) < 4.78 is 1.11. The highest BCUT2D eigenvalue weighted by molar-refractivity contribution is 5.85. The second-order valence-electron chi connectivity index (χ2n) is 6.77. The van der Waals surface area contributed by atoms with Gasteiger partial charge in [0, 0.05) is 12.0 Å². The van der Waals surface area contributed by atoms with Gasteiger partial charge >= 0.3 is 0 Å². The summed E-state index contributed by atoms with van der Waals surface area (Å²) in [5.74, 6) is -0.679. The van der Waals surface area contributed by atoms with Crippen LogP contribution in [0.15, 0.2) is 33.9 Å². The van der Waals surface area contributed by atoms with Gasteiger partial charge in [0.25, 0.3) is 11.1 Å². The Morgan fingerprint density at radius 3 is 2.36 bits per heavy atom. The Morgan fingerprint density at radius 2 is 1.72 bits per heavy atom. The number of benzene rings is 1. The van der Waals surface area contributed by atoms with E-state index in [0.29, 0.717) is 10.8 Å². The molecule has 0 unspecified atom stereocenters. The van der Waals surface area contributed by atoms with E-state index in [1.165, 1.54) is 0 Å². The van der Waals surface area contributed by atoms with E-state index in [4.69, 9.17) is 0 Å². The van der Waals surface area contributed by atoms with Gasteiger partial charge < -0.3 is 10.6 Å². The van der Waals surface area contributed by atoms with Crippen molar-refractivity contribution < 1.29 is 9.59 Å². The van der Waals surface area contributed by atoms with E-state index in [1.807, 2.05) is 20.8 Å². The van der Waals surface area contributed by atoms with Gasteiger partial charge in [-0.05, 0) is 32.9 Å². The molecule has 8 nitrogen and oxygen atoms in total. The lowest BCUT2D eigenvalue weighted by Crippen LogP contribution is -2.46. The molecule has 0 aliphatic carbocycles. The SMILES string of the molecule is CC(C)(C)NC(=O)CNC(=O)CCn1[nH]c(=O)c2ccccc2c1=O. The predicted molar refractivity (Wildman–Crippen MR) is 94.4 cm³/mol. The molecule has 3 N–H and O–H groups in total. The maximum absolute atomic E-state index is 12.3. The largest absolute Gasteiger partial charge is 0.350 e. The van der Waals surface area contributed by atoms with Crippen molar-refractivity contribution in [3.63, 3.8) is 0 Å². The van der Waals surface area contributed by atoms with Crippen LogP contribution in [0.5, 0.6) is 0 Å². The Balaban J connectivity index is 1.98. The molecule has 2 aromatic rings. The van der Waals surface area contributed by atoms with Crippen LogP contribution in [-0.2, 0) is 16.1 Å². The number of carbonyl (C=O) groups is 2. The van der Waals surface area contributed by atoms with E-state index in [2.05, 4.69) is 15.7 Å². The number of amides is 2. The average Bonchev–Trinajstić information content (AvgIpc) is 2.53. The van der Waals surface area contributed by atoms with Crippen molar-refractivity contribution in [1.29, 1.82) is 0 Å². The van der Waals surface area contributed by atoms with E-state index in [9.17, 15) is 19.2 Å². The molecule has 0 radical (unpaired) electrons. The van der Waals surface area contributed by atoms with Crippen molar-refractivity contribution in [2.24, 2.45) is 0 Å². The third-order valence-electron chi connectivity index (χ3n) is 3.41. The fraction of sp³-hybridized carbons (Fsp3) is 0.412. The minimum Gasteiger partial charge on any atom is -0.350 e. The molecule has 0 aliphatic rings. The van der Waals surface area contributed by atoms with E-state index in [-0.39, 0.29) is 48.0 Å². The summed E-state index contributed by atoms with van der Waals surface area (Å²) in [6.07, 6.45) is -0.0308. The number of aromatic amines is 1. The van der Waals surface area contributed by atoms with Crippen LogP contribution >= 0.6 is 0 Å². The zero-order valence-corrected chi connectivity index (χ0v) is 14.5.